The second kappa shape index (κ2) is 5.68. The number of thioether (sulfide) groups is 1. The molecule has 0 atom stereocenters. The van der Waals surface area contributed by atoms with Gasteiger partial charge in [0, 0.05) is 11.1 Å². The van der Waals surface area contributed by atoms with Crippen molar-refractivity contribution in [2.24, 2.45) is 0 Å². The Bertz CT molecular complexity index is 770. The molecule has 3 rings (SSSR count). The van der Waals surface area contributed by atoms with Crippen molar-refractivity contribution in [1.29, 1.82) is 0 Å². The average Bonchev–Trinajstić information content (AvgIpc) is 2.87. The highest BCUT2D eigenvalue weighted by atomic mass is 35.5. The number of hydrogen-bond donors (Lipinski definition) is 0. The fraction of sp³-hybridized carbons (Fsp3) is 0.214. The van der Waals surface area contributed by atoms with Crippen molar-refractivity contribution in [2.75, 3.05) is 0 Å². The molecule has 102 valence electrons. The predicted molar refractivity (Wildman–Crippen MR) is 85.7 cm³/mol. The molecular weight excluding hydrogens is 310 g/mol. The monoisotopic (exact) mass is 321 g/mol. The van der Waals surface area contributed by atoms with E-state index in [9.17, 15) is 0 Å². The average molecular weight is 322 g/mol. The molecule has 0 fully saturated rings. The molecule has 0 bridgehead atoms. The highest BCUT2D eigenvalue weighted by Gasteiger charge is 2.11. The zero-order valence-corrected chi connectivity index (χ0v) is 13.4. The summed E-state index contributed by atoms with van der Waals surface area (Å²) in [5.41, 5.74) is 2.97. The first-order chi connectivity index (χ1) is 9.65. The van der Waals surface area contributed by atoms with Crippen molar-refractivity contribution in [2.45, 2.75) is 23.9 Å². The number of aromatic nitrogens is 3. The van der Waals surface area contributed by atoms with Crippen molar-refractivity contribution in [3.8, 4) is 0 Å². The molecule has 0 aliphatic heterocycles. The van der Waals surface area contributed by atoms with Crippen molar-refractivity contribution in [3.05, 3.63) is 45.6 Å². The standard InChI is InChI=1S/C14H12ClN3S2/c1-8-10-5-3-4-6-11(10)16-12(13(8)15)7-19-14-18-17-9(2)20-14/h3-6H,7H2,1-2H3. The molecule has 3 aromatic rings. The van der Waals surface area contributed by atoms with Gasteiger partial charge in [-0.1, -0.05) is 52.9 Å². The van der Waals surface area contributed by atoms with Crippen LogP contribution >= 0.6 is 34.7 Å². The van der Waals surface area contributed by atoms with Crippen LogP contribution in [0.15, 0.2) is 28.6 Å². The SMILES string of the molecule is Cc1nnc(SCc2nc3ccccc3c(C)c2Cl)s1. The van der Waals surface area contributed by atoms with Crippen LogP contribution in [0, 0.1) is 13.8 Å². The molecule has 2 aromatic heterocycles. The van der Waals surface area contributed by atoms with E-state index in [4.69, 9.17) is 11.6 Å². The molecule has 2 heterocycles. The molecule has 0 spiro atoms. The zero-order valence-electron chi connectivity index (χ0n) is 11.1. The molecule has 0 saturated carbocycles. The second-order valence-electron chi connectivity index (χ2n) is 4.39. The molecule has 6 heteroatoms. The maximum Gasteiger partial charge on any atom is 0.174 e. The van der Waals surface area contributed by atoms with Crippen molar-refractivity contribution < 1.29 is 0 Å². The number of rotatable bonds is 3. The number of hydrogen-bond acceptors (Lipinski definition) is 5. The lowest BCUT2D eigenvalue weighted by atomic mass is 10.1. The summed E-state index contributed by atoms with van der Waals surface area (Å²) in [7, 11) is 0. The van der Waals surface area contributed by atoms with Gasteiger partial charge in [0.05, 0.1) is 16.2 Å². The summed E-state index contributed by atoms with van der Waals surface area (Å²) in [5, 5.41) is 10.9. The van der Waals surface area contributed by atoms with Crippen LogP contribution in [0.2, 0.25) is 5.02 Å². The quantitative estimate of drug-likeness (QED) is 0.658. The molecule has 0 aliphatic carbocycles. The first-order valence-corrected chi connectivity index (χ1v) is 8.30. The minimum absolute atomic E-state index is 0.707. The van der Waals surface area contributed by atoms with Crippen LogP contribution in [-0.2, 0) is 5.75 Å². The smallest absolute Gasteiger partial charge is 0.174 e. The van der Waals surface area contributed by atoms with Crippen molar-refractivity contribution in [1.82, 2.24) is 15.2 Å². The first kappa shape index (κ1) is 13.8. The number of pyridine rings is 1. The number of benzene rings is 1. The third kappa shape index (κ3) is 2.66. The fourth-order valence-corrected chi connectivity index (χ4v) is 4.03. The Balaban J connectivity index is 1.93. The third-order valence-corrected chi connectivity index (χ3v) is 5.47. The number of halogens is 1. The Hall–Kier alpha value is -1.17. The minimum Gasteiger partial charge on any atom is -0.250 e. The minimum atomic E-state index is 0.707. The van der Waals surface area contributed by atoms with Gasteiger partial charge in [0.1, 0.15) is 5.01 Å². The third-order valence-electron chi connectivity index (χ3n) is 2.99. The van der Waals surface area contributed by atoms with Gasteiger partial charge in [-0.15, -0.1) is 10.2 Å². The molecule has 0 aliphatic rings. The van der Waals surface area contributed by atoms with Crippen LogP contribution in [0.3, 0.4) is 0 Å². The van der Waals surface area contributed by atoms with Crippen LogP contribution < -0.4 is 0 Å². The molecule has 0 radical (unpaired) electrons. The Kier molecular flexibility index (Phi) is 3.92. The Morgan fingerprint density at radius 3 is 2.75 bits per heavy atom. The Morgan fingerprint density at radius 2 is 2.00 bits per heavy atom. The van der Waals surface area contributed by atoms with Crippen LogP contribution in [0.1, 0.15) is 16.3 Å². The molecule has 3 nitrogen and oxygen atoms in total. The summed E-state index contributed by atoms with van der Waals surface area (Å²) < 4.78 is 0.950. The Labute approximate surface area is 130 Å². The van der Waals surface area contributed by atoms with Gasteiger partial charge in [0.15, 0.2) is 4.34 Å². The normalized spacial score (nSPS) is 11.2. The van der Waals surface area contributed by atoms with Gasteiger partial charge in [0.2, 0.25) is 0 Å². The van der Waals surface area contributed by atoms with E-state index in [0.29, 0.717) is 5.75 Å². The van der Waals surface area contributed by atoms with E-state index in [1.165, 1.54) is 0 Å². The van der Waals surface area contributed by atoms with Crippen molar-refractivity contribution >= 4 is 45.6 Å². The van der Waals surface area contributed by atoms with Gasteiger partial charge < -0.3 is 0 Å². The lowest BCUT2D eigenvalue weighted by molar-refractivity contribution is 0.983. The molecule has 0 N–H and O–H groups in total. The number of aryl methyl sites for hydroxylation is 2. The number of fused-ring (bicyclic) bond motifs is 1. The van der Waals surface area contributed by atoms with Crippen molar-refractivity contribution in [3.63, 3.8) is 0 Å². The van der Waals surface area contributed by atoms with Crippen LogP contribution in [0.4, 0.5) is 0 Å². The van der Waals surface area contributed by atoms with Gasteiger partial charge in [-0.05, 0) is 25.5 Å². The molecular formula is C14H12ClN3S2. The van der Waals surface area contributed by atoms with Gasteiger partial charge in [-0.3, -0.25) is 4.98 Å². The highest BCUT2D eigenvalue weighted by molar-refractivity contribution is 8.00. The summed E-state index contributed by atoms with van der Waals surface area (Å²) in [6, 6.07) is 8.07. The topological polar surface area (TPSA) is 38.7 Å². The molecule has 0 amide bonds. The fourth-order valence-electron chi connectivity index (χ4n) is 1.98. The lowest BCUT2D eigenvalue weighted by Gasteiger charge is -2.09. The van der Waals surface area contributed by atoms with E-state index in [1.807, 2.05) is 32.0 Å². The molecule has 1 aromatic carbocycles. The summed E-state index contributed by atoms with van der Waals surface area (Å²) in [6.45, 7) is 3.99. The van der Waals surface area contributed by atoms with Gasteiger partial charge in [-0.25, -0.2) is 0 Å². The molecule has 0 saturated heterocycles. The number of nitrogens with zero attached hydrogens (tertiary/aromatic N) is 3. The van der Waals surface area contributed by atoms with Crippen LogP contribution in [-0.4, -0.2) is 15.2 Å². The first-order valence-electron chi connectivity index (χ1n) is 6.12. The highest BCUT2D eigenvalue weighted by Crippen LogP contribution is 2.32. The van der Waals surface area contributed by atoms with Gasteiger partial charge >= 0.3 is 0 Å². The maximum absolute atomic E-state index is 6.44. The van der Waals surface area contributed by atoms with E-state index >= 15 is 0 Å². The largest absolute Gasteiger partial charge is 0.250 e. The van der Waals surface area contributed by atoms with Crippen LogP contribution in [0.25, 0.3) is 10.9 Å². The number of para-hydroxylation sites is 1. The summed E-state index contributed by atoms with van der Waals surface area (Å²) >= 11 is 9.65. The second-order valence-corrected chi connectivity index (χ2v) is 7.17. The predicted octanol–water partition coefficient (Wildman–Crippen LogP) is 4.65. The summed E-state index contributed by atoms with van der Waals surface area (Å²) in [4.78, 5) is 4.66. The Morgan fingerprint density at radius 1 is 1.20 bits per heavy atom. The molecule has 0 unspecified atom stereocenters. The van der Waals surface area contributed by atoms with E-state index in [1.54, 1.807) is 23.1 Å². The molecule has 20 heavy (non-hydrogen) atoms. The van der Waals surface area contributed by atoms with Gasteiger partial charge in [0.25, 0.3) is 0 Å². The van der Waals surface area contributed by atoms with E-state index in [-0.39, 0.29) is 0 Å². The van der Waals surface area contributed by atoms with Gasteiger partial charge in [-0.2, -0.15) is 0 Å². The maximum atomic E-state index is 6.44. The summed E-state index contributed by atoms with van der Waals surface area (Å²) in [5.74, 6) is 0.707. The van der Waals surface area contributed by atoms with E-state index in [2.05, 4.69) is 21.2 Å². The van der Waals surface area contributed by atoms with E-state index < -0.39 is 0 Å². The van der Waals surface area contributed by atoms with Crippen LogP contribution in [0.5, 0.6) is 0 Å². The van der Waals surface area contributed by atoms with E-state index in [0.717, 1.165) is 36.5 Å². The lowest BCUT2D eigenvalue weighted by Crippen LogP contribution is -1.94. The zero-order chi connectivity index (χ0) is 14.1. The summed E-state index contributed by atoms with van der Waals surface area (Å²) in [6.07, 6.45) is 0.